The van der Waals surface area contributed by atoms with E-state index in [9.17, 15) is 9.59 Å². The van der Waals surface area contributed by atoms with Gasteiger partial charge in [-0.1, -0.05) is 28.1 Å². The first-order valence-electron chi connectivity index (χ1n) is 5.30. The number of aromatic carboxylic acids is 1. The molecule has 0 heterocycles. The van der Waals surface area contributed by atoms with Crippen molar-refractivity contribution < 1.29 is 14.7 Å². The average Bonchev–Trinajstić information content (AvgIpc) is 2.62. The second-order valence-corrected chi connectivity index (χ2v) is 5.00. The molecule has 4 heteroatoms. The highest BCUT2D eigenvalue weighted by atomic mass is 79.9. The Labute approximate surface area is 111 Å². The average molecular weight is 303 g/mol. The summed E-state index contributed by atoms with van der Waals surface area (Å²) in [6.07, 6.45) is 0. The first kappa shape index (κ1) is 11.2. The Morgan fingerprint density at radius 3 is 2.22 bits per heavy atom. The molecule has 2 aromatic rings. The summed E-state index contributed by atoms with van der Waals surface area (Å²) in [5.74, 6) is -1.15. The molecule has 3 nitrogen and oxygen atoms in total. The Hall–Kier alpha value is -1.94. The lowest BCUT2D eigenvalue weighted by molar-refractivity contribution is 0.0697. The Kier molecular flexibility index (Phi) is 2.35. The first-order valence-corrected chi connectivity index (χ1v) is 6.09. The molecule has 18 heavy (non-hydrogen) atoms. The third-order valence-corrected chi connectivity index (χ3v) is 3.52. The highest BCUT2D eigenvalue weighted by Crippen LogP contribution is 2.38. The van der Waals surface area contributed by atoms with Gasteiger partial charge in [-0.3, -0.25) is 4.79 Å². The van der Waals surface area contributed by atoms with Gasteiger partial charge in [0.1, 0.15) is 0 Å². The van der Waals surface area contributed by atoms with E-state index in [1.807, 2.05) is 12.1 Å². The molecule has 0 aromatic heterocycles. The van der Waals surface area contributed by atoms with Crippen LogP contribution >= 0.6 is 15.9 Å². The monoisotopic (exact) mass is 302 g/mol. The van der Waals surface area contributed by atoms with Crippen LogP contribution in [0.3, 0.4) is 0 Å². The molecule has 1 N–H and O–H groups in total. The Morgan fingerprint density at radius 2 is 1.56 bits per heavy atom. The number of carbonyl (C=O) groups excluding carboxylic acids is 1. The second-order valence-electron chi connectivity index (χ2n) is 4.08. The summed E-state index contributed by atoms with van der Waals surface area (Å²) in [5.41, 5.74) is 2.86. The molecule has 1 aliphatic carbocycles. The Balaban J connectivity index is 2.26. The summed E-state index contributed by atoms with van der Waals surface area (Å²) in [6.45, 7) is 0. The minimum absolute atomic E-state index is 0.121. The topological polar surface area (TPSA) is 54.4 Å². The SMILES string of the molecule is O=C(O)c1ccc2c(c1)C(=O)c1cc(Br)ccc1-2. The molecule has 0 saturated carbocycles. The fraction of sp³-hybridized carbons (Fsp3) is 0. The zero-order valence-electron chi connectivity index (χ0n) is 9.11. The van der Waals surface area contributed by atoms with Gasteiger partial charge in [0.05, 0.1) is 5.56 Å². The third kappa shape index (κ3) is 1.49. The van der Waals surface area contributed by atoms with Gasteiger partial charge in [0, 0.05) is 15.6 Å². The normalized spacial score (nSPS) is 12.2. The number of halogens is 1. The fourth-order valence-electron chi connectivity index (χ4n) is 2.18. The largest absolute Gasteiger partial charge is 0.478 e. The van der Waals surface area contributed by atoms with Crippen LogP contribution in [0.15, 0.2) is 40.9 Å². The number of hydrogen-bond donors (Lipinski definition) is 1. The minimum atomic E-state index is -1.03. The van der Waals surface area contributed by atoms with Crippen LogP contribution in [-0.4, -0.2) is 16.9 Å². The summed E-state index contributed by atoms with van der Waals surface area (Å²) in [7, 11) is 0. The smallest absolute Gasteiger partial charge is 0.335 e. The number of fused-ring (bicyclic) bond motifs is 3. The number of benzene rings is 2. The third-order valence-electron chi connectivity index (χ3n) is 3.03. The van der Waals surface area contributed by atoms with Crippen molar-refractivity contribution in [3.8, 4) is 11.1 Å². The van der Waals surface area contributed by atoms with Crippen molar-refractivity contribution in [3.63, 3.8) is 0 Å². The maximum Gasteiger partial charge on any atom is 0.335 e. The predicted octanol–water partition coefficient (Wildman–Crippen LogP) is 3.36. The summed E-state index contributed by atoms with van der Waals surface area (Å²) in [4.78, 5) is 23.1. The Morgan fingerprint density at radius 1 is 0.944 bits per heavy atom. The van der Waals surface area contributed by atoms with E-state index in [0.29, 0.717) is 11.1 Å². The van der Waals surface area contributed by atoms with Gasteiger partial charge in [-0.15, -0.1) is 0 Å². The summed E-state index contributed by atoms with van der Waals surface area (Å²) in [6, 6.07) is 10.1. The number of carboxylic acid groups (broad SMARTS) is 1. The molecular formula is C14H7BrO3. The van der Waals surface area contributed by atoms with E-state index in [1.165, 1.54) is 12.1 Å². The maximum atomic E-state index is 12.2. The highest BCUT2D eigenvalue weighted by Gasteiger charge is 2.27. The van der Waals surface area contributed by atoms with Crippen molar-refractivity contribution >= 4 is 27.7 Å². The van der Waals surface area contributed by atoms with Gasteiger partial charge in [-0.25, -0.2) is 4.79 Å². The molecular weight excluding hydrogens is 296 g/mol. The first-order chi connectivity index (χ1) is 8.58. The van der Waals surface area contributed by atoms with Crippen LogP contribution in [-0.2, 0) is 0 Å². The van der Waals surface area contributed by atoms with Gasteiger partial charge >= 0.3 is 5.97 Å². The summed E-state index contributed by atoms with van der Waals surface area (Å²) < 4.78 is 0.834. The Bertz CT molecular complexity index is 704. The van der Waals surface area contributed by atoms with Gasteiger partial charge in [-0.05, 0) is 35.4 Å². The molecule has 0 saturated heterocycles. The van der Waals surface area contributed by atoms with Gasteiger partial charge in [0.2, 0.25) is 0 Å². The lowest BCUT2D eigenvalue weighted by Gasteiger charge is -2.00. The molecule has 0 spiro atoms. The molecule has 0 radical (unpaired) electrons. The van der Waals surface area contributed by atoms with Crippen LogP contribution < -0.4 is 0 Å². The maximum absolute atomic E-state index is 12.2. The lowest BCUT2D eigenvalue weighted by atomic mass is 10.0. The number of carboxylic acids is 1. The van der Waals surface area contributed by atoms with Crippen LogP contribution in [0.1, 0.15) is 26.3 Å². The standard InChI is InChI=1S/C14H7BrO3/c15-8-2-4-10-9-3-1-7(14(17)18)5-11(9)13(16)12(10)6-8/h1-6H,(H,17,18). The molecule has 0 aliphatic heterocycles. The molecule has 0 amide bonds. The number of carbonyl (C=O) groups is 2. The van der Waals surface area contributed by atoms with E-state index in [-0.39, 0.29) is 11.3 Å². The van der Waals surface area contributed by atoms with E-state index < -0.39 is 5.97 Å². The number of rotatable bonds is 1. The predicted molar refractivity (Wildman–Crippen MR) is 70.0 cm³/mol. The fourth-order valence-corrected chi connectivity index (χ4v) is 2.55. The molecule has 88 valence electrons. The minimum Gasteiger partial charge on any atom is -0.478 e. The summed E-state index contributed by atoms with van der Waals surface area (Å²) in [5, 5.41) is 8.94. The molecule has 3 rings (SSSR count). The second kappa shape index (κ2) is 3.78. The van der Waals surface area contributed by atoms with Crippen LogP contribution in [0.25, 0.3) is 11.1 Å². The zero-order chi connectivity index (χ0) is 12.9. The molecule has 0 atom stereocenters. The van der Waals surface area contributed by atoms with Gasteiger partial charge < -0.3 is 5.11 Å². The summed E-state index contributed by atoms with van der Waals surface area (Å²) >= 11 is 3.33. The number of ketones is 1. The quantitative estimate of drug-likeness (QED) is 0.750. The lowest BCUT2D eigenvalue weighted by Crippen LogP contribution is -2.00. The van der Waals surface area contributed by atoms with Crippen LogP contribution in [0.4, 0.5) is 0 Å². The van der Waals surface area contributed by atoms with Gasteiger partial charge in [0.15, 0.2) is 5.78 Å². The van der Waals surface area contributed by atoms with E-state index in [2.05, 4.69) is 15.9 Å². The molecule has 2 aromatic carbocycles. The molecule has 1 aliphatic rings. The molecule has 0 unspecified atom stereocenters. The van der Waals surface area contributed by atoms with Crippen molar-refractivity contribution in [1.82, 2.24) is 0 Å². The van der Waals surface area contributed by atoms with E-state index >= 15 is 0 Å². The van der Waals surface area contributed by atoms with Crippen molar-refractivity contribution in [2.24, 2.45) is 0 Å². The highest BCUT2D eigenvalue weighted by molar-refractivity contribution is 9.10. The van der Waals surface area contributed by atoms with Crippen molar-refractivity contribution in [1.29, 1.82) is 0 Å². The van der Waals surface area contributed by atoms with Crippen LogP contribution in [0, 0.1) is 0 Å². The van der Waals surface area contributed by atoms with Crippen LogP contribution in [0.5, 0.6) is 0 Å². The van der Waals surface area contributed by atoms with Crippen molar-refractivity contribution in [3.05, 3.63) is 57.6 Å². The van der Waals surface area contributed by atoms with E-state index in [0.717, 1.165) is 15.6 Å². The van der Waals surface area contributed by atoms with Gasteiger partial charge in [0.25, 0.3) is 0 Å². The number of hydrogen-bond acceptors (Lipinski definition) is 2. The molecule has 0 fully saturated rings. The zero-order valence-corrected chi connectivity index (χ0v) is 10.7. The van der Waals surface area contributed by atoms with Crippen molar-refractivity contribution in [2.45, 2.75) is 0 Å². The van der Waals surface area contributed by atoms with E-state index in [1.54, 1.807) is 12.1 Å². The van der Waals surface area contributed by atoms with Gasteiger partial charge in [-0.2, -0.15) is 0 Å². The van der Waals surface area contributed by atoms with E-state index in [4.69, 9.17) is 5.11 Å². The molecule has 0 bridgehead atoms. The van der Waals surface area contributed by atoms with Crippen LogP contribution in [0.2, 0.25) is 0 Å². The van der Waals surface area contributed by atoms with Crippen molar-refractivity contribution in [2.75, 3.05) is 0 Å².